The highest BCUT2D eigenvalue weighted by atomic mass is 16.6. The van der Waals surface area contributed by atoms with E-state index in [1.165, 1.54) is 0 Å². The van der Waals surface area contributed by atoms with E-state index in [1.54, 1.807) is 25.7 Å². The van der Waals surface area contributed by atoms with Crippen LogP contribution in [-0.2, 0) is 9.53 Å². The minimum atomic E-state index is -0.458. The zero-order valence-corrected chi connectivity index (χ0v) is 20.2. The van der Waals surface area contributed by atoms with Crippen LogP contribution in [0.4, 0.5) is 5.82 Å². The molecule has 8 heteroatoms. The van der Waals surface area contributed by atoms with Crippen molar-refractivity contribution in [3.63, 3.8) is 0 Å². The van der Waals surface area contributed by atoms with Gasteiger partial charge in [-0.15, -0.1) is 0 Å². The Hall–Kier alpha value is -3.68. The maximum absolute atomic E-state index is 12.4. The number of rotatable bonds is 5. The molecule has 1 saturated heterocycles. The van der Waals surface area contributed by atoms with E-state index in [2.05, 4.69) is 26.0 Å². The molecule has 0 bridgehead atoms. The first-order chi connectivity index (χ1) is 16.3. The normalized spacial score (nSPS) is 15.9. The van der Waals surface area contributed by atoms with E-state index in [1.807, 2.05) is 55.9 Å². The molecule has 34 heavy (non-hydrogen) atoms. The van der Waals surface area contributed by atoms with Crippen molar-refractivity contribution in [1.29, 1.82) is 0 Å². The fourth-order valence-corrected chi connectivity index (χ4v) is 4.20. The maximum Gasteiger partial charge on any atom is 0.309 e. The molecule has 1 aliphatic rings. The number of ether oxygens (including phenoxy) is 1. The molecular weight excluding hydrogens is 428 g/mol. The van der Waals surface area contributed by atoms with Crippen LogP contribution < -0.4 is 10.6 Å². The first-order valence-corrected chi connectivity index (χ1v) is 11.6. The second-order valence-corrected chi connectivity index (χ2v) is 9.51. The number of allylic oxidation sites excluding steroid dienone is 1. The van der Waals surface area contributed by atoms with E-state index < -0.39 is 5.60 Å². The quantitative estimate of drug-likeness (QED) is 0.457. The molecule has 0 spiro atoms. The number of pyridine rings is 1. The lowest BCUT2D eigenvalue weighted by Crippen LogP contribution is -2.39. The van der Waals surface area contributed by atoms with Crippen molar-refractivity contribution in [2.45, 2.75) is 39.2 Å². The Morgan fingerprint density at radius 2 is 1.97 bits per heavy atom. The molecule has 4 rings (SSSR count). The fraction of sp³-hybridized carbons (Fsp3) is 0.385. The Labute approximate surface area is 200 Å². The van der Waals surface area contributed by atoms with Crippen LogP contribution in [-0.4, -0.2) is 52.7 Å². The minimum absolute atomic E-state index is 0.0661. The van der Waals surface area contributed by atoms with Crippen molar-refractivity contribution in [3.8, 4) is 5.69 Å². The van der Waals surface area contributed by atoms with Gasteiger partial charge in [-0.1, -0.05) is 12.1 Å². The summed E-state index contributed by atoms with van der Waals surface area (Å²) in [5, 5.41) is 5.65. The highest BCUT2D eigenvalue weighted by Crippen LogP contribution is 2.27. The van der Waals surface area contributed by atoms with E-state index >= 15 is 0 Å². The van der Waals surface area contributed by atoms with Crippen molar-refractivity contribution in [1.82, 2.24) is 14.8 Å². The van der Waals surface area contributed by atoms with Crippen LogP contribution in [0.3, 0.4) is 0 Å². The Balaban J connectivity index is 1.55. The molecule has 2 N–H and O–H groups in total. The average molecular weight is 461 g/mol. The van der Waals surface area contributed by atoms with Crippen molar-refractivity contribution < 1.29 is 9.53 Å². The third-order valence-corrected chi connectivity index (χ3v) is 5.88. The zero-order valence-electron chi connectivity index (χ0n) is 20.2. The summed E-state index contributed by atoms with van der Waals surface area (Å²) < 4.78 is 7.48. The number of piperidine rings is 1. The van der Waals surface area contributed by atoms with Crippen LogP contribution in [0.2, 0.25) is 0 Å². The molecule has 8 nitrogen and oxygen atoms in total. The molecule has 0 aliphatic carbocycles. The Morgan fingerprint density at radius 1 is 1.21 bits per heavy atom. The lowest BCUT2D eigenvalue weighted by molar-refractivity contribution is -0.160. The van der Waals surface area contributed by atoms with Crippen molar-refractivity contribution >= 4 is 34.5 Å². The summed E-state index contributed by atoms with van der Waals surface area (Å²) >= 11 is 0. The smallest absolute Gasteiger partial charge is 0.309 e. The first kappa shape index (κ1) is 23.5. The van der Waals surface area contributed by atoms with Gasteiger partial charge in [0, 0.05) is 55.8 Å². The summed E-state index contributed by atoms with van der Waals surface area (Å²) in [6, 6.07) is 10.1. The molecule has 1 aliphatic heterocycles. The number of hydrogen-bond donors (Lipinski definition) is 1. The van der Waals surface area contributed by atoms with Gasteiger partial charge in [0.05, 0.1) is 23.3 Å². The molecule has 0 unspecified atom stereocenters. The predicted octanol–water partition coefficient (Wildman–Crippen LogP) is 3.98. The number of nitrogens with zero attached hydrogens (tertiary/aromatic N) is 5. The molecular formula is C26H32N6O2. The number of carbonyl (C=O) groups is 1. The van der Waals surface area contributed by atoms with Crippen LogP contribution in [0.25, 0.3) is 22.2 Å². The molecule has 0 atom stereocenters. The number of benzene rings is 1. The molecule has 178 valence electrons. The summed E-state index contributed by atoms with van der Waals surface area (Å²) in [6.45, 7) is 7.22. The molecule has 3 heterocycles. The van der Waals surface area contributed by atoms with Crippen LogP contribution in [0.15, 0.2) is 53.9 Å². The third kappa shape index (κ3) is 5.11. The highest BCUT2D eigenvalue weighted by Gasteiger charge is 2.29. The summed E-state index contributed by atoms with van der Waals surface area (Å²) in [6.07, 6.45) is 8.46. The SMILES string of the molecule is CN=CC(=CN)c1ccc2cnn(-c3ccnc(N4CCC(C(=O)OC(C)(C)C)CC4)c3)c2c1. The Morgan fingerprint density at radius 3 is 2.65 bits per heavy atom. The fourth-order valence-electron chi connectivity index (χ4n) is 4.20. The number of fused-ring (bicyclic) bond motifs is 1. The molecule has 0 amide bonds. The number of carbonyl (C=O) groups excluding carboxylic acids is 1. The number of aromatic nitrogens is 3. The van der Waals surface area contributed by atoms with Gasteiger partial charge in [-0.2, -0.15) is 5.10 Å². The second-order valence-electron chi connectivity index (χ2n) is 9.51. The molecule has 3 aromatic rings. The van der Waals surface area contributed by atoms with Gasteiger partial charge in [-0.05, 0) is 51.3 Å². The van der Waals surface area contributed by atoms with Gasteiger partial charge in [0.1, 0.15) is 11.4 Å². The molecule has 1 fully saturated rings. The molecule has 2 aromatic heterocycles. The van der Waals surface area contributed by atoms with Gasteiger partial charge < -0.3 is 15.4 Å². The lowest BCUT2D eigenvalue weighted by Gasteiger charge is -2.33. The van der Waals surface area contributed by atoms with Crippen LogP contribution in [0, 0.1) is 5.92 Å². The van der Waals surface area contributed by atoms with Gasteiger partial charge >= 0.3 is 5.97 Å². The number of esters is 1. The van der Waals surface area contributed by atoms with Crippen molar-refractivity contribution in [2.24, 2.45) is 16.6 Å². The minimum Gasteiger partial charge on any atom is -0.460 e. The van der Waals surface area contributed by atoms with Gasteiger partial charge in [-0.25, -0.2) is 9.67 Å². The second kappa shape index (κ2) is 9.67. The van der Waals surface area contributed by atoms with E-state index in [4.69, 9.17) is 10.5 Å². The third-order valence-electron chi connectivity index (χ3n) is 5.88. The van der Waals surface area contributed by atoms with Gasteiger partial charge in [0.2, 0.25) is 0 Å². The Kier molecular flexibility index (Phi) is 6.68. The van der Waals surface area contributed by atoms with E-state index in [0.717, 1.165) is 59.5 Å². The molecule has 1 aromatic carbocycles. The van der Waals surface area contributed by atoms with Crippen LogP contribution in [0.1, 0.15) is 39.2 Å². The van der Waals surface area contributed by atoms with Gasteiger partial charge in [0.25, 0.3) is 0 Å². The number of hydrogen-bond acceptors (Lipinski definition) is 7. The predicted molar refractivity (Wildman–Crippen MR) is 136 cm³/mol. The van der Waals surface area contributed by atoms with E-state index in [9.17, 15) is 4.79 Å². The van der Waals surface area contributed by atoms with Crippen LogP contribution >= 0.6 is 0 Å². The number of aliphatic imine (C=N–C) groups is 1. The topological polar surface area (TPSA) is 98.6 Å². The maximum atomic E-state index is 12.4. The monoisotopic (exact) mass is 460 g/mol. The van der Waals surface area contributed by atoms with Gasteiger partial charge in [0.15, 0.2) is 0 Å². The van der Waals surface area contributed by atoms with E-state index in [-0.39, 0.29) is 11.9 Å². The summed E-state index contributed by atoms with van der Waals surface area (Å²) in [7, 11) is 1.72. The van der Waals surface area contributed by atoms with Crippen molar-refractivity contribution in [2.75, 3.05) is 25.0 Å². The first-order valence-electron chi connectivity index (χ1n) is 11.6. The lowest BCUT2D eigenvalue weighted by atomic mass is 9.96. The van der Waals surface area contributed by atoms with Crippen LogP contribution in [0.5, 0.6) is 0 Å². The summed E-state index contributed by atoms with van der Waals surface area (Å²) in [5.74, 6) is 0.705. The standard InChI is InChI=1S/C26H32N6O2/c1-26(2,3)34-25(33)18-8-11-31(12-9-18)24-14-22(7-10-29-24)32-23-13-19(21(15-27)16-28-4)5-6-20(23)17-30-32/h5-7,10,13-18H,8-9,11-12,27H2,1-4H3. The van der Waals surface area contributed by atoms with E-state index in [0.29, 0.717) is 0 Å². The Bertz CT molecular complexity index is 1230. The van der Waals surface area contributed by atoms with Crippen molar-refractivity contribution in [3.05, 3.63) is 54.5 Å². The van der Waals surface area contributed by atoms with Gasteiger partial charge in [-0.3, -0.25) is 9.79 Å². The number of nitrogens with two attached hydrogens (primary N) is 1. The summed E-state index contributed by atoms with van der Waals surface area (Å²) in [5.41, 5.74) is 9.06. The zero-order chi connectivity index (χ0) is 24.3. The highest BCUT2D eigenvalue weighted by molar-refractivity contribution is 6.10. The summed E-state index contributed by atoms with van der Waals surface area (Å²) in [4.78, 5) is 23.3. The largest absolute Gasteiger partial charge is 0.460 e. The number of anilines is 1. The molecule has 0 saturated carbocycles. The average Bonchev–Trinajstić information content (AvgIpc) is 3.25. The molecule has 0 radical (unpaired) electrons.